The van der Waals surface area contributed by atoms with Crippen LogP contribution in [0.15, 0.2) is 5.03 Å². The molecule has 1 fully saturated rings. The summed E-state index contributed by atoms with van der Waals surface area (Å²) in [6.07, 6.45) is 3.66. The first-order valence-electron chi connectivity index (χ1n) is 6.34. The van der Waals surface area contributed by atoms with E-state index >= 15 is 0 Å². The van der Waals surface area contributed by atoms with Gasteiger partial charge in [0.25, 0.3) is 0 Å². The molecule has 0 radical (unpaired) electrons. The van der Waals surface area contributed by atoms with Crippen molar-refractivity contribution in [2.75, 3.05) is 11.5 Å². The smallest absolute Gasteiger partial charge is 0.135 e. The summed E-state index contributed by atoms with van der Waals surface area (Å²) in [5, 5.41) is 1.08. The average molecular weight is 251 g/mol. The van der Waals surface area contributed by atoms with Gasteiger partial charge in [-0.1, -0.05) is 13.8 Å². The van der Waals surface area contributed by atoms with Gasteiger partial charge in [0.2, 0.25) is 0 Å². The molecule has 1 aromatic rings. The zero-order valence-corrected chi connectivity index (χ0v) is 11.7. The van der Waals surface area contributed by atoms with E-state index < -0.39 is 0 Å². The average Bonchev–Trinajstić information content (AvgIpc) is 3.07. The maximum Gasteiger partial charge on any atom is 0.135 e. The summed E-state index contributed by atoms with van der Waals surface area (Å²) in [5.41, 5.74) is 7.00. The number of nitrogens with two attached hydrogens (primary N) is 1. The maximum atomic E-state index is 5.95. The molecular weight excluding hydrogens is 230 g/mol. The van der Waals surface area contributed by atoms with Gasteiger partial charge in [-0.3, -0.25) is 0 Å². The molecule has 0 amide bonds. The van der Waals surface area contributed by atoms with Crippen LogP contribution in [0.2, 0.25) is 0 Å². The highest BCUT2D eigenvalue weighted by molar-refractivity contribution is 7.99. The van der Waals surface area contributed by atoms with Crippen LogP contribution >= 0.6 is 11.8 Å². The topological polar surface area (TPSA) is 51.8 Å². The Balaban J connectivity index is 2.08. The van der Waals surface area contributed by atoms with Gasteiger partial charge >= 0.3 is 0 Å². The van der Waals surface area contributed by atoms with Gasteiger partial charge in [-0.15, -0.1) is 11.8 Å². The molecule has 1 saturated carbocycles. The minimum absolute atomic E-state index is 0.572. The molecule has 1 aliphatic rings. The van der Waals surface area contributed by atoms with Gasteiger partial charge in [0.15, 0.2) is 0 Å². The van der Waals surface area contributed by atoms with E-state index in [2.05, 4.69) is 23.8 Å². The second-order valence-electron chi connectivity index (χ2n) is 5.20. The van der Waals surface area contributed by atoms with Crippen molar-refractivity contribution in [3.63, 3.8) is 0 Å². The molecule has 1 heterocycles. The second-order valence-corrected chi connectivity index (χ2v) is 6.29. The van der Waals surface area contributed by atoms with Crippen LogP contribution in [-0.2, 0) is 0 Å². The molecule has 4 heteroatoms. The van der Waals surface area contributed by atoms with Crippen LogP contribution in [0.5, 0.6) is 0 Å². The molecule has 0 spiro atoms. The van der Waals surface area contributed by atoms with Crippen molar-refractivity contribution in [2.24, 2.45) is 5.92 Å². The third kappa shape index (κ3) is 3.35. The summed E-state index contributed by atoms with van der Waals surface area (Å²) >= 11 is 1.82. The molecule has 0 aromatic carbocycles. The lowest BCUT2D eigenvalue weighted by molar-refractivity contribution is 0.631. The third-order valence-corrected chi connectivity index (χ3v) is 4.14. The quantitative estimate of drug-likeness (QED) is 0.644. The van der Waals surface area contributed by atoms with Gasteiger partial charge in [-0.05, 0) is 37.9 Å². The molecule has 0 saturated heterocycles. The standard InChI is InChI=1S/C13H21N3S/c1-8(2)6-7-17-13-9(3)11(14)15-12(16-13)10-4-5-10/h8,10H,4-7H2,1-3H3,(H2,14,15,16). The summed E-state index contributed by atoms with van der Waals surface area (Å²) in [5.74, 6) is 4.04. The fraction of sp³-hybridized carbons (Fsp3) is 0.692. The summed E-state index contributed by atoms with van der Waals surface area (Å²) in [6, 6.07) is 0. The van der Waals surface area contributed by atoms with E-state index in [0.29, 0.717) is 11.7 Å². The second kappa shape index (κ2) is 5.25. The van der Waals surface area contributed by atoms with Crippen molar-refractivity contribution >= 4 is 17.6 Å². The number of thioether (sulfide) groups is 1. The largest absolute Gasteiger partial charge is 0.383 e. The highest BCUT2D eigenvalue weighted by Crippen LogP contribution is 2.39. The van der Waals surface area contributed by atoms with Crippen LogP contribution in [0, 0.1) is 12.8 Å². The SMILES string of the molecule is Cc1c(N)nc(C2CC2)nc1SCCC(C)C. The molecule has 0 aliphatic heterocycles. The number of nitrogens with zero attached hydrogens (tertiary/aromatic N) is 2. The number of aromatic nitrogens is 2. The molecule has 0 unspecified atom stereocenters. The van der Waals surface area contributed by atoms with E-state index in [4.69, 9.17) is 5.73 Å². The molecule has 1 aromatic heterocycles. The first-order valence-corrected chi connectivity index (χ1v) is 7.33. The fourth-order valence-corrected chi connectivity index (χ4v) is 2.85. The Morgan fingerprint density at radius 1 is 1.35 bits per heavy atom. The van der Waals surface area contributed by atoms with Crippen molar-refractivity contribution in [1.29, 1.82) is 0 Å². The summed E-state index contributed by atoms with van der Waals surface area (Å²) in [6.45, 7) is 6.51. The Labute approximate surface area is 108 Å². The van der Waals surface area contributed by atoms with Gasteiger partial charge in [-0.2, -0.15) is 0 Å². The van der Waals surface area contributed by atoms with Crippen LogP contribution < -0.4 is 5.73 Å². The van der Waals surface area contributed by atoms with Gasteiger partial charge in [0.05, 0.1) is 0 Å². The van der Waals surface area contributed by atoms with Gasteiger partial charge in [0, 0.05) is 11.5 Å². The number of anilines is 1. The van der Waals surface area contributed by atoms with Crippen molar-refractivity contribution in [3.8, 4) is 0 Å². The Morgan fingerprint density at radius 2 is 2.06 bits per heavy atom. The lowest BCUT2D eigenvalue weighted by Crippen LogP contribution is -2.04. The lowest BCUT2D eigenvalue weighted by Gasteiger charge is -2.10. The Kier molecular flexibility index (Phi) is 3.92. The highest BCUT2D eigenvalue weighted by Gasteiger charge is 2.27. The van der Waals surface area contributed by atoms with E-state index in [0.717, 1.165) is 28.1 Å². The van der Waals surface area contributed by atoms with Crippen LogP contribution in [0.25, 0.3) is 0 Å². The van der Waals surface area contributed by atoms with Crippen molar-refractivity contribution in [2.45, 2.75) is 51.0 Å². The normalized spacial score (nSPS) is 15.5. The van der Waals surface area contributed by atoms with Crippen LogP contribution in [0.4, 0.5) is 5.82 Å². The third-order valence-electron chi connectivity index (χ3n) is 3.03. The Morgan fingerprint density at radius 3 is 2.65 bits per heavy atom. The molecule has 1 aliphatic carbocycles. The van der Waals surface area contributed by atoms with Crippen molar-refractivity contribution in [3.05, 3.63) is 11.4 Å². The Bertz CT molecular complexity index is 400. The van der Waals surface area contributed by atoms with E-state index in [-0.39, 0.29) is 0 Å². The zero-order valence-electron chi connectivity index (χ0n) is 10.9. The van der Waals surface area contributed by atoms with Crippen LogP contribution in [-0.4, -0.2) is 15.7 Å². The number of hydrogen-bond acceptors (Lipinski definition) is 4. The summed E-state index contributed by atoms with van der Waals surface area (Å²) in [4.78, 5) is 9.06. The molecule has 2 rings (SSSR count). The first kappa shape index (κ1) is 12.7. The molecular formula is C13H21N3S. The first-order chi connectivity index (χ1) is 8.08. The van der Waals surface area contributed by atoms with Crippen molar-refractivity contribution < 1.29 is 0 Å². The van der Waals surface area contributed by atoms with E-state index in [1.165, 1.54) is 19.3 Å². The molecule has 0 bridgehead atoms. The highest BCUT2D eigenvalue weighted by atomic mass is 32.2. The van der Waals surface area contributed by atoms with Crippen molar-refractivity contribution in [1.82, 2.24) is 9.97 Å². The number of hydrogen-bond donors (Lipinski definition) is 1. The molecule has 3 nitrogen and oxygen atoms in total. The predicted molar refractivity (Wildman–Crippen MR) is 73.3 cm³/mol. The van der Waals surface area contributed by atoms with Gasteiger partial charge < -0.3 is 5.73 Å². The molecule has 17 heavy (non-hydrogen) atoms. The summed E-state index contributed by atoms with van der Waals surface area (Å²) < 4.78 is 0. The van der Waals surface area contributed by atoms with Gasteiger partial charge in [-0.25, -0.2) is 9.97 Å². The van der Waals surface area contributed by atoms with E-state index in [1.807, 2.05) is 18.7 Å². The van der Waals surface area contributed by atoms with Gasteiger partial charge in [0.1, 0.15) is 16.7 Å². The fourth-order valence-electron chi connectivity index (χ4n) is 1.59. The van der Waals surface area contributed by atoms with Crippen LogP contribution in [0.1, 0.15) is 50.4 Å². The zero-order chi connectivity index (χ0) is 12.4. The van der Waals surface area contributed by atoms with E-state index in [9.17, 15) is 0 Å². The molecule has 94 valence electrons. The minimum Gasteiger partial charge on any atom is -0.383 e. The maximum absolute atomic E-state index is 5.95. The molecule has 0 atom stereocenters. The predicted octanol–water partition coefficient (Wildman–Crippen LogP) is 3.38. The van der Waals surface area contributed by atoms with Crippen LogP contribution in [0.3, 0.4) is 0 Å². The Hall–Kier alpha value is -0.770. The minimum atomic E-state index is 0.572. The lowest BCUT2D eigenvalue weighted by atomic mass is 10.2. The number of nitrogen functional groups attached to an aromatic ring is 1. The summed E-state index contributed by atoms with van der Waals surface area (Å²) in [7, 11) is 0. The molecule has 2 N–H and O–H groups in total. The number of rotatable bonds is 5. The monoisotopic (exact) mass is 251 g/mol. The van der Waals surface area contributed by atoms with E-state index in [1.54, 1.807) is 0 Å².